The number of carbonyl (C=O) groups excluding carboxylic acids is 2. The van der Waals surface area contributed by atoms with Gasteiger partial charge in [-0.05, 0) is 39.0 Å². The number of nitrogens with zero attached hydrogens (tertiary/aromatic N) is 3. The molecule has 3 aromatic rings. The van der Waals surface area contributed by atoms with Crippen LogP contribution in [0.1, 0.15) is 36.7 Å². The Labute approximate surface area is 241 Å². The minimum atomic E-state index is -4.87. The summed E-state index contributed by atoms with van der Waals surface area (Å²) in [6, 6.07) is 7.29. The van der Waals surface area contributed by atoms with Crippen molar-refractivity contribution in [2.24, 2.45) is 0 Å². The Morgan fingerprint density at radius 1 is 0.929 bits per heavy atom. The Morgan fingerprint density at radius 3 is 2.12 bits per heavy atom. The Morgan fingerprint density at radius 2 is 1.57 bits per heavy atom. The largest absolute Gasteiger partial charge is 0.496 e. The summed E-state index contributed by atoms with van der Waals surface area (Å²) in [6.45, 7) is 7.31. The number of hydrogen-bond acceptors (Lipinski definition) is 9. The monoisotopic (exact) mass is 590 g/mol. The van der Waals surface area contributed by atoms with E-state index < -0.39 is 29.0 Å². The Kier molecular flexibility index (Phi) is 8.33. The number of hydrogen-bond donors (Lipinski definition) is 1. The van der Waals surface area contributed by atoms with E-state index in [1.165, 1.54) is 20.3 Å². The molecule has 2 heterocycles. The van der Waals surface area contributed by atoms with Crippen LogP contribution in [0.4, 0.5) is 29.3 Å². The van der Waals surface area contributed by atoms with Gasteiger partial charge in [-0.2, -0.15) is 13.2 Å². The van der Waals surface area contributed by atoms with E-state index in [9.17, 15) is 22.8 Å². The maximum Gasteiger partial charge on any atom is 0.419 e. The number of carbonyl (C=O) groups is 2. The van der Waals surface area contributed by atoms with Gasteiger partial charge in [0.05, 0.1) is 43.8 Å². The van der Waals surface area contributed by atoms with Crippen LogP contribution < -0.4 is 20.1 Å². The lowest BCUT2D eigenvalue weighted by Gasteiger charge is -2.37. The van der Waals surface area contributed by atoms with Gasteiger partial charge in [0.1, 0.15) is 22.7 Å². The molecule has 42 heavy (non-hydrogen) atoms. The fourth-order valence-corrected chi connectivity index (χ4v) is 4.80. The molecule has 0 unspecified atom stereocenters. The molecule has 13 heteroatoms. The minimum Gasteiger partial charge on any atom is -0.496 e. The number of ether oxygens (including phenoxy) is 4. The Hall–Kier alpha value is -4.42. The molecule has 1 amide bonds. The summed E-state index contributed by atoms with van der Waals surface area (Å²) in [5.74, 6) is -0.612. The molecule has 0 bridgehead atoms. The summed E-state index contributed by atoms with van der Waals surface area (Å²) >= 11 is 0. The quantitative estimate of drug-likeness (QED) is 0.392. The van der Waals surface area contributed by atoms with Gasteiger partial charge >= 0.3 is 18.2 Å². The molecular formula is C29H33F3N4O6. The number of nitrogen functional groups attached to an aromatic ring is 1. The number of rotatable bonds is 5. The van der Waals surface area contributed by atoms with E-state index in [1.807, 2.05) is 4.90 Å². The van der Waals surface area contributed by atoms with Gasteiger partial charge in [0.2, 0.25) is 0 Å². The SMILES string of the molecule is COC(=O)c1cc2c(C(F)(F)F)c(N)c(-c3ccc(N4CCN(C(=O)OC(C)(C)C)CC4)cc3OC)nc2cc1OC. The zero-order valence-electron chi connectivity index (χ0n) is 24.2. The Balaban J connectivity index is 1.74. The highest BCUT2D eigenvalue weighted by Gasteiger charge is 2.38. The fourth-order valence-electron chi connectivity index (χ4n) is 4.80. The number of aromatic nitrogens is 1. The van der Waals surface area contributed by atoms with Gasteiger partial charge in [0.25, 0.3) is 0 Å². The third-order valence-corrected chi connectivity index (χ3v) is 6.77. The first kappa shape index (κ1) is 30.5. The van der Waals surface area contributed by atoms with E-state index in [0.29, 0.717) is 26.2 Å². The lowest BCUT2D eigenvalue weighted by atomic mass is 9.98. The molecule has 0 atom stereocenters. The second kappa shape index (κ2) is 11.5. The summed E-state index contributed by atoms with van der Waals surface area (Å²) in [7, 11) is 3.80. The maximum absolute atomic E-state index is 14.4. The van der Waals surface area contributed by atoms with Crippen LogP contribution >= 0.6 is 0 Å². The van der Waals surface area contributed by atoms with Crippen LogP contribution in [0, 0.1) is 0 Å². The van der Waals surface area contributed by atoms with Crippen LogP contribution in [0.3, 0.4) is 0 Å². The van der Waals surface area contributed by atoms with E-state index in [4.69, 9.17) is 24.7 Å². The molecule has 0 spiro atoms. The van der Waals surface area contributed by atoms with E-state index in [0.717, 1.165) is 18.9 Å². The van der Waals surface area contributed by atoms with Gasteiger partial charge in [0, 0.05) is 54.9 Å². The standard InChI is InChI=1S/C29H33F3N4O6/c1-28(2,3)42-27(38)36-11-9-35(10-12-36)16-7-8-17(21(13-16)39-4)25-24(33)23(29(30,31)32)18-14-19(26(37)41-6)22(40-5)15-20(18)34-25/h7-8,13-15H,9-12,33H2,1-6H3. The lowest BCUT2D eigenvalue weighted by Crippen LogP contribution is -2.50. The van der Waals surface area contributed by atoms with Gasteiger partial charge < -0.3 is 34.5 Å². The first-order valence-electron chi connectivity index (χ1n) is 13.1. The van der Waals surface area contributed by atoms with Gasteiger partial charge in [-0.3, -0.25) is 0 Å². The molecule has 1 fully saturated rings. The third-order valence-electron chi connectivity index (χ3n) is 6.77. The zero-order valence-corrected chi connectivity index (χ0v) is 24.2. The predicted molar refractivity (Wildman–Crippen MR) is 151 cm³/mol. The highest BCUT2D eigenvalue weighted by Crippen LogP contribution is 2.45. The number of halogens is 3. The van der Waals surface area contributed by atoms with Crippen molar-refractivity contribution in [3.63, 3.8) is 0 Å². The number of nitrogens with two attached hydrogens (primary N) is 1. The van der Waals surface area contributed by atoms with Gasteiger partial charge in [-0.15, -0.1) is 0 Å². The molecule has 4 rings (SSSR count). The topological polar surface area (TPSA) is 116 Å². The van der Waals surface area contributed by atoms with E-state index in [2.05, 4.69) is 4.98 Å². The van der Waals surface area contributed by atoms with Crippen LogP contribution in [-0.4, -0.2) is 75.1 Å². The molecule has 2 N–H and O–H groups in total. The number of fused-ring (bicyclic) bond motifs is 1. The highest BCUT2D eigenvalue weighted by atomic mass is 19.4. The first-order valence-corrected chi connectivity index (χ1v) is 13.1. The number of methoxy groups -OCH3 is 3. The number of benzene rings is 2. The number of alkyl halides is 3. The van der Waals surface area contributed by atoms with Crippen LogP contribution in [0.5, 0.6) is 11.5 Å². The minimum absolute atomic E-state index is 0.00136. The average Bonchev–Trinajstić information content (AvgIpc) is 2.93. The second-order valence-corrected chi connectivity index (χ2v) is 10.6. The van der Waals surface area contributed by atoms with E-state index >= 15 is 0 Å². The number of pyridine rings is 1. The summed E-state index contributed by atoms with van der Waals surface area (Å²) in [5.41, 5.74) is 4.37. The number of amides is 1. The number of esters is 1. The van der Waals surface area contributed by atoms with Crippen molar-refractivity contribution in [1.82, 2.24) is 9.88 Å². The first-order chi connectivity index (χ1) is 19.7. The summed E-state index contributed by atoms with van der Waals surface area (Å²) in [6.07, 6.45) is -5.26. The van der Waals surface area contributed by atoms with Gasteiger partial charge in [-0.1, -0.05) is 0 Å². The van der Waals surface area contributed by atoms with Crippen LogP contribution in [-0.2, 0) is 15.7 Å². The number of piperazine rings is 1. The van der Waals surface area contributed by atoms with Crippen LogP contribution in [0.25, 0.3) is 22.2 Å². The second-order valence-electron chi connectivity index (χ2n) is 10.6. The predicted octanol–water partition coefficient (Wildman–Crippen LogP) is 5.36. The van der Waals surface area contributed by atoms with Gasteiger partial charge in [-0.25, -0.2) is 14.6 Å². The molecule has 0 radical (unpaired) electrons. The third kappa shape index (κ3) is 6.09. The lowest BCUT2D eigenvalue weighted by molar-refractivity contribution is -0.135. The van der Waals surface area contributed by atoms with Crippen molar-refractivity contribution in [2.75, 3.05) is 58.1 Å². The number of anilines is 2. The molecule has 1 saturated heterocycles. The smallest absolute Gasteiger partial charge is 0.419 e. The summed E-state index contributed by atoms with van der Waals surface area (Å²) in [5, 5.41) is -0.372. The molecule has 226 valence electrons. The van der Waals surface area contributed by atoms with Crippen molar-refractivity contribution in [1.29, 1.82) is 0 Å². The van der Waals surface area contributed by atoms with Crippen molar-refractivity contribution in [2.45, 2.75) is 32.5 Å². The molecule has 1 aliphatic rings. The normalized spacial score (nSPS) is 14.1. The zero-order chi connectivity index (χ0) is 31.0. The van der Waals surface area contributed by atoms with Crippen LogP contribution in [0.15, 0.2) is 30.3 Å². The highest BCUT2D eigenvalue weighted by molar-refractivity contribution is 6.01. The molecule has 2 aromatic carbocycles. The maximum atomic E-state index is 14.4. The molecular weight excluding hydrogens is 557 g/mol. The van der Waals surface area contributed by atoms with Crippen LogP contribution in [0.2, 0.25) is 0 Å². The summed E-state index contributed by atoms with van der Waals surface area (Å²) in [4.78, 5) is 32.8. The van der Waals surface area contributed by atoms with E-state index in [1.54, 1.807) is 43.9 Å². The van der Waals surface area contributed by atoms with Crippen molar-refractivity contribution >= 4 is 34.3 Å². The average molecular weight is 591 g/mol. The van der Waals surface area contributed by atoms with Gasteiger partial charge in [0.15, 0.2) is 0 Å². The molecule has 1 aliphatic heterocycles. The Bertz CT molecular complexity index is 1510. The molecule has 1 aromatic heterocycles. The van der Waals surface area contributed by atoms with E-state index in [-0.39, 0.29) is 45.3 Å². The molecule has 0 aliphatic carbocycles. The summed E-state index contributed by atoms with van der Waals surface area (Å²) < 4.78 is 64.2. The van der Waals surface area contributed by atoms with Crippen molar-refractivity contribution in [3.05, 3.63) is 41.5 Å². The molecule has 0 saturated carbocycles. The van der Waals surface area contributed by atoms with Crippen molar-refractivity contribution < 1.29 is 41.7 Å². The molecule has 10 nitrogen and oxygen atoms in total. The van der Waals surface area contributed by atoms with Crippen molar-refractivity contribution in [3.8, 4) is 22.8 Å². The fraction of sp³-hybridized carbons (Fsp3) is 0.414.